The predicted octanol–water partition coefficient (Wildman–Crippen LogP) is 0.849. The molecule has 0 aromatic heterocycles. The molecule has 120 valence electrons. The lowest BCUT2D eigenvalue weighted by Gasteiger charge is -2.25. The summed E-state index contributed by atoms with van der Waals surface area (Å²) in [5, 5.41) is 14.3. The van der Waals surface area contributed by atoms with Gasteiger partial charge in [-0.05, 0) is 20.3 Å². The highest BCUT2D eigenvalue weighted by Gasteiger charge is 2.39. The number of rotatable bonds is 6. The minimum absolute atomic E-state index is 0.111. The molecule has 1 fully saturated rings. The van der Waals surface area contributed by atoms with Crippen molar-refractivity contribution >= 4 is 29.7 Å². The number of carbonyl (C=O) groups excluding carboxylic acids is 2. The van der Waals surface area contributed by atoms with Crippen LogP contribution < -0.4 is 10.6 Å². The van der Waals surface area contributed by atoms with Crippen molar-refractivity contribution in [2.75, 3.05) is 12.3 Å². The summed E-state index contributed by atoms with van der Waals surface area (Å²) in [6.07, 6.45) is 1.03. The van der Waals surface area contributed by atoms with Crippen LogP contribution in [0.4, 0.5) is 4.79 Å². The quantitative estimate of drug-likeness (QED) is 0.674. The van der Waals surface area contributed by atoms with Gasteiger partial charge in [-0.15, -0.1) is 11.8 Å². The lowest BCUT2D eigenvalue weighted by molar-refractivity contribution is -0.141. The number of urea groups is 1. The first-order valence-electron chi connectivity index (χ1n) is 7.06. The molecule has 1 saturated heterocycles. The summed E-state index contributed by atoms with van der Waals surface area (Å²) in [4.78, 5) is 36.0. The van der Waals surface area contributed by atoms with Crippen LogP contribution in [0.25, 0.3) is 0 Å². The first-order valence-corrected chi connectivity index (χ1v) is 8.11. The van der Waals surface area contributed by atoms with Crippen molar-refractivity contribution < 1.29 is 19.5 Å². The zero-order valence-electron chi connectivity index (χ0n) is 12.6. The molecule has 1 aliphatic rings. The topological polar surface area (TPSA) is 98.7 Å². The Morgan fingerprint density at radius 2 is 2.10 bits per heavy atom. The van der Waals surface area contributed by atoms with Gasteiger partial charge in [-0.3, -0.25) is 9.69 Å². The Hall–Kier alpha value is -1.44. The molecule has 3 atom stereocenters. The summed E-state index contributed by atoms with van der Waals surface area (Å²) >= 11 is 1.43. The second kappa shape index (κ2) is 8.11. The lowest BCUT2D eigenvalue weighted by Crippen LogP contribution is -2.50. The molecule has 1 aliphatic heterocycles. The van der Waals surface area contributed by atoms with Crippen molar-refractivity contribution in [3.05, 3.63) is 0 Å². The molecule has 3 unspecified atom stereocenters. The lowest BCUT2D eigenvalue weighted by atomic mass is 10.2. The van der Waals surface area contributed by atoms with Crippen LogP contribution in [0.15, 0.2) is 0 Å². The zero-order chi connectivity index (χ0) is 16.0. The molecule has 21 heavy (non-hydrogen) atoms. The average Bonchev–Trinajstić information content (AvgIpc) is 2.80. The molecule has 0 aliphatic carbocycles. The smallest absolute Gasteiger partial charge is 0.327 e. The molecule has 1 heterocycles. The van der Waals surface area contributed by atoms with Gasteiger partial charge >= 0.3 is 12.0 Å². The van der Waals surface area contributed by atoms with Crippen molar-refractivity contribution in [2.45, 2.75) is 51.1 Å². The zero-order valence-corrected chi connectivity index (χ0v) is 13.4. The van der Waals surface area contributed by atoms with Gasteiger partial charge in [-0.25, -0.2) is 9.59 Å². The number of hydrogen-bond donors (Lipinski definition) is 3. The van der Waals surface area contributed by atoms with E-state index in [1.807, 2.05) is 13.8 Å². The Morgan fingerprint density at radius 3 is 2.67 bits per heavy atom. The van der Waals surface area contributed by atoms with E-state index in [1.165, 1.54) is 16.7 Å². The van der Waals surface area contributed by atoms with E-state index >= 15 is 0 Å². The van der Waals surface area contributed by atoms with Crippen molar-refractivity contribution in [1.29, 1.82) is 0 Å². The number of hydrogen-bond acceptors (Lipinski definition) is 4. The Labute approximate surface area is 128 Å². The second-order valence-corrected chi connectivity index (χ2v) is 6.40. The summed E-state index contributed by atoms with van der Waals surface area (Å²) < 4.78 is 0. The average molecular weight is 317 g/mol. The van der Waals surface area contributed by atoms with Gasteiger partial charge in [0, 0.05) is 24.8 Å². The molecule has 3 N–H and O–H groups in total. The number of carboxylic acids is 1. The summed E-state index contributed by atoms with van der Waals surface area (Å²) in [6, 6.07) is -1.13. The standard InChI is InChI=1S/C13H23N3O4S/c1-4-8(2)15-11(17)5-6-14-13(20)16-9(3)21-7-10(16)12(18)19/h8-10H,4-7H2,1-3H3,(H,14,20)(H,15,17)(H,18,19). The molecule has 0 aromatic carbocycles. The number of thioether (sulfide) groups is 1. The number of nitrogens with zero attached hydrogens (tertiary/aromatic N) is 1. The van der Waals surface area contributed by atoms with E-state index in [9.17, 15) is 14.4 Å². The van der Waals surface area contributed by atoms with E-state index in [2.05, 4.69) is 10.6 Å². The number of amides is 3. The summed E-state index contributed by atoms with van der Waals surface area (Å²) in [5.74, 6) is -0.738. The first-order chi connectivity index (χ1) is 9.86. The van der Waals surface area contributed by atoms with Gasteiger partial charge in [0.05, 0.1) is 5.37 Å². The molecule has 7 nitrogen and oxygen atoms in total. The monoisotopic (exact) mass is 317 g/mol. The summed E-state index contributed by atoms with van der Waals surface area (Å²) in [5.41, 5.74) is 0. The third-order valence-electron chi connectivity index (χ3n) is 3.39. The van der Waals surface area contributed by atoms with Crippen molar-refractivity contribution in [1.82, 2.24) is 15.5 Å². The van der Waals surface area contributed by atoms with Crippen LogP contribution in [0, 0.1) is 0 Å². The van der Waals surface area contributed by atoms with Gasteiger partial charge < -0.3 is 15.7 Å². The number of carbonyl (C=O) groups is 3. The van der Waals surface area contributed by atoms with E-state index in [1.54, 1.807) is 6.92 Å². The van der Waals surface area contributed by atoms with Gasteiger partial charge in [0.2, 0.25) is 5.91 Å². The van der Waals surface area contributed by atoms with Gasteiger partial charge in [0.1, 0.15) is 6.04 Å². The predicted molar refractivity (Wildman–Crippen MR) is 81.1 cm³/mol. The van der Waals surface area contributed by atoms with Crippen molar-refractivity contribution in [3.8, 4) is 0 Å². The molecule has 0 bridgehead atoms. The highest BCUT2D eigenvalue weighted by atomic mass is 32.2. The minimum Gasteiger partial charge on any atom is -0.480 e. The minimum atomic E-state index is -1.00. The molecule has 3 amide bonds. The van der Waals surface area contributed by atoms with E-state index in [0.717, 1.165) is 6.42 Å². The van der Waals surface area contributed by atoms with Crippen molar-refractivity contribution in [2.24, 2.45) is 0 Å². The van der Waals surface area contributed by atoms with E-state index in [0.29, 0.717) is 5.75 Å². The molecular formula is C13H23N3O4S. The fourth-order valence-electron chi connectivity index (χ4n) is 1.96. The van der Waals surface area contributed by atoms with Gasteiger partial charge in [0.25, 0.3) is 0 Å². The fraction of sp³-hybridized carbons (Fsp3) is 0.769. The Balaban J connectivity index is 2.39. The molecule has 0 saturated carbocycles. The maximum absolute atomic E-state index is 12.0. The molecule has 1 rings (SSSR count). The Morgan fingerprint density at radius 1 is 1.43 bits per heavy atom. The first kappa shape index (κ1) is 17.6. The van der Waals surface area contributed by atoms with Gasteiger partial charge in [-0.2, -0.15) is 0 Å². The number of carboxylic acid groups (broad SMARTS) is 1. The molecule has 0 spiro atoms. The molecular weight excluding hydrogens is 294 g/mol. The van der Waals surface area contributed by atoms with Crippen molar-refractivity contribution in [3.63, 3.8) is 0 Å². The normalized spacial score (nSPS) is 22.7. The number of nitrogens with one attached hydrogen (secondary N) is 2. The highest BCUT2D eigenvalue weighted by molar-refractivity contribution is 8.00. The van der Waals surface area contributed by atoms with Crippen LogP contribution in [-0.2, 0) is 9.59 Å². The van der Waals surface area contributed by atoms with Crippen LogP contribution >= 0.6 is 11.8 Å². The van der Waals surface area contributed by atoms with Crippen LogP contribution in [0.2, 0.25) is 0 Å². The van der Waals surface area contributed by atoms with E-state index < -0.39 is 18.0 Å². The van der Waals surface area contributed by atoms with Crippen LogP contribution in [0.5, 0.6) is 0 Å². The van der Waals surface area contributed by atoms with E-state index in [4.69, 9.17) is 5.11 Å². The molecule has 8 heteroatoms. The Kier molecular flexibility index (Phi) is 6.80. The Bertz CT molecular complexity index is 405. The number of aliphatic carboxylic acids is 1. The summed E-state index contributed by atoms with van der Waals surface area (Å²) in [6.45, 7) is 5.88. The van der Waals surface area contributed by atoms with Crippen LogP contribution in [0.3, 0.4) is 0 Å². The van der Waals surface area contributed by atoms with Gasteiger partial charge in [0.15, 0.2) is 0 Å². The molecule has 0 radical (unpaired) electrons. The fourth-order valence-corrected chi connectivity index (χ4v) is 3.13. The maximum atomic E-state index is 12.0. The largest absolute Gasteiger partial charge is 0.480 e. The second-order valence-electron chi connectivity index (χ2n) is 5.05. The van der Waals surface area contributed by atoms with Crippen LogP contribution in [0.1, 0.15) is 33.6 Å². The third-order valence-corrected chi connectivity index (χ3v) is 4.61. The van der Waals surface area contributed by atoms with E-state index in [-0.39, 0.29) is 30.3 Å². The van der Waals surface area contributed by atoms with Gasteiger partial charge in [-0.1, -0.05) is 6.92 Å². The SMILES string of the molecule is CCC(C)NC(=O)CCNC(=O)N1C(C)SCC1C(=O)O. The molecule has 0 aromatic rings. The highest BCUT2D eigenvalue weighted by Crippen LogP contribution is 2.28. The third kappa shape index (κ3) is 5.11. The maximum Gasteiger partial charge on any atom is 0.327 e. The van der Waals surface area contributed by atoms with Crippen LogP contribution in [-0.4, -0.2) is 57.7 Å². The summed E-state index contributed by atoms with van der Waals surface area (Å²) in [7, 11) is 0.